The van der Waals surface area contributed by atoms with E-state index in [0.29, 0.717) is 22.1 Å². The fraction of sp³-hybridized carbons (Fsp3) is 0.207. The van der Waals surface area contributed by atoms with Crippen molar-refractivity contribution in [3.8, 4) is 21.7 Å². The van der Waals surface area contributed by atoms with Gasteiger partial charge in [-0.1, -0.05) is 24.3 Å². The molecule has 1 aliphatic heterocycles. The van der Waals surface area contributed by atoms with E-state index in [4.69, 9.17) is 15.6 Å². The summed E-state index contributed by atoms with van der Waals surface area (Å²) in [5, 5.41) is 11.1. The summed E-state index contributed by atoms with van der Waals surface area (Å²) in [4.78, 5) is 20.2. The first-order valence-electron chi connectivity index (χ1n) is 12.7. The van der Waals surface area contributed by atoms with E-state index in [2.05, 4.69) is 15.2 Å². The smallest absolute Gasteiger partial charge is 0.275 e. The number of nitrogens with one attached hydrogen (secondary N) is 1. The molecule has 3 N–H and O–H groups in total. The number of carbonyl (C=O) groups is 1. The summed E-state index contributed by atoms with van der Waals surface area (Å²) in [7, 11) is 0. The molecule has 0 unspecified atom stereocenters. The molecule has 0 bridgehead atoms. The van der Waals surface area contributed by atoms with Crippen LogP contribution in [0.25, 0.3) is 32.6 Å². The first kappa shape index (κ1) is 25.2. The highest BCUT2D eigenvalue weighted by atomic mass is 32.1. The Morgan fingerprint density at radius 1 is 1.05 bits per heavy atom. The van der Waals surface area contributed by atoms with E-state index in [9.17, 15) is 9.18 Å². The van der Waals surface area contributed by atoms with Crippen molar-refractivity contribution in [3.05, 3.63) is 83.8 Å². The molecule has 1 amide bonds. The topological polar surface area (TPSA) is 98.3 Å². The van der Waals surface area contributed by atoms with Gasteiger partial charge in [0.2, 0.25) is 0 Å². The molecule has 0 spiro atoms. The number of ether oxygens (including phenoxy) is 1. The van der Waals surface area contributed by atoms with Crippen molar-refractivity contribution in [2.45, 2.75) is 6.54 Å². The van der Waals surface area contributed by atoms with E-state index >= 15 is 0 Å². The molecule has 39 heavy (non-hydrogen) atoms. The van der Waals surface area contributed by atoms with Gasteiger partial charge < -0.3 is 15.8 Å². The van der Waals surface area contributed by atoms with Crippen molar-refractivity contribution in [3.63, 3.8) is 0 Å². The number of nitrogens with zero attached hydrogens (tertiary/aromatic N) is 4. The van der Waals surface area contributed by atoms with Gasteiger partial charge in [-0.2, -0.15) is 5.10 Å². The molecule has 0 aliphatic carbocycles. The van der Waals surface area contributed by atoms with Crippen LogP contribution in [0.2, 0.25) is 0 Å². The fourth-order valence-corrected chi connectivity index (χ4v) is 5.44. The van der Waals surface area contributed by atoms with Crippen molar-refractivity contribution >= 4 is 39.5 Å². The molecule has 198 valence electrons. The number of aromatic nitrogens is 3. The normalized spacial score (nSPS) is 14.1. The first-order chi connectivity index (χ1) is 19.0. The van der Waals surface area contributed by atoms with Gasteiger partial charge >= 0.3 is 0 Å². The summed E-state index contributed by atoms with van der Waals surface area (Å²) in [6.45, 7) is 4.97. The lowest BCUT2D eigenvalue weighted by Crippen LogP contribution is -2.38. The zero-order valence-corrected chi connectivity index (χ0v) is 22.0. The van der Waals surface area contributed by atoms with Gasteiger partial charge in [-0.05, 0) is 42.0 Å². The third-order valence-corrected chi connectivity index (χ3v) is 7.61. The maximum Gasteiger partial charge on any atom is 0.275 e. The third-order valence-electron chi connectivity index (χ3n) is 6.71. The van der Waals surface area contributed by atoms with E-state index in [0.717, 1.165) is 67.0 Å². The Balaban J connectivity index is 1.29. The quantitative estimate of drug-likeness (QED) is 0.277. The standard InChI is InChI=1S/C29H27FN6O2S/c30-22-6-4-19(5-7-22)24-16-25-21(17-36(34-25)9-8-35-10-12-38-13-11-35)15-26(24)32-28(37)27-18-39-29(33-27)20-2-1-3-23(31)14-20/h1-7,14-18H,8-13,31H2,(H,32,37). The molecule has 3 aromatic carbocycles. The number of hydrogen-bond donors (Lipinski definition) is 2. The second kappa shape index (κ2) is 10.9. The molecule has 0 atom stereocenters. The van der Waals surface area contributed by atoms with Crippen molar-refractivity contribution in [1.82, 2.24) is 19.7 Å². The summed E-state index contributed by atoms with van der Waals surface area (Å²) in [5.74, 6) is -0.654. The SMILES string of the molecule is Nc1cccc(-c2nc(C(=O)Nc3cc4cn(CCN5CCOCC5)nc4cc3-c3ccc(F)cc3)cs2)c1. The zero-order valence-electron chi connectivity index (χ0n) is 21.1. The van der Waals surface area contributed by atoms with E-state index in [-0.39, 0.29) is 11.7 Å². The largest absolute Gasteiger partial charge is 0.399 e. The Kier molecular flexibility index (Phi) is 7.06. The number of rotatable bonds is 7. The lowest BCUT2D eigenvalue weighted by atomic mass is 10.0. The molecule has 5 aromatic rings. The van der Waals surface area contributed by atoms with E-state index < -0.39 is 0 Å². The van der Waals surface area contributed by atoms with Gasteiger partial charge in [0, 0.05) is 59.1 Å². The average Bonchev–Trinajstić information content (AvgIpc) is 3.60. The summed E-state index contributed by atoms with van der Waals surface area (Å²) < 4.78 is 21.0. The van der Waals surface area contributed by atoms with Gasteiger partial charge in [-0.3, -0.25) is 14.4 Å². The Morgan fingerprint density at radius 3 is 2.67 bits per heavy atom. The summed E-state index contributed by atoms with van der Waals surface area (Å²) in [5.41, 5.74) is 10.6. The van der Waals surface area contributed by atoms with Gasteiger partial charge in [0.1, 0.15) is 16.5 Å². The zero-order chi connectivity index (χ0) is 26.8. The molecule has 1 fully saturated rings. The number of anilines is 2. The molecule has 8 nitrogen and oxygen atoms in total. The van der Waals surface area contributed by atoms with Crippen molar-refractivity contribution in [1.29, 1.82) is 0 Å². The van der Waals surface area contributed by atoms with Crippen LogP contribution in [0.3, 0.4) is 0 Å². The first-order valence-corrected chi connectivity index (χ1v) is 13.6. The van der Waals surface area contributed by atoms with Crippen LogP contribution < -0.4 is 11.1 Å². The number of carbonyl (C=O) groups excluding carboxylic acids is 1. The number of benzene rings is 3. The Morgan fingerprint density at radius 2 is 1.87 bits per heavy atom. The van der Waals surface area contributed by atoms with Crippen LogP contribution in [-0.4, -0.2) is 58.4 Å². The molecule has 2 aromatic heterocycles. The van der Waals surface area contributed by atoms with Crippen molar-refractivity contribution in [2.24, 2.45) is 0 Å². The highest BCUT2D eigenvalue weighted by Gasteiger charge is 2.17. The van der Waals surface area contributed by atoms with Gasteiger partial charge in [-0.15, -0.1) is 11.3 Å². The predicted octanol–water partition coefficient (Wildman–Crippen LogP) is 5.13. The summed E-state index contributed by atoms with van der Waals surface area (Å²) >= 11 is 1.38. The Labute approximate surface area is 228 Å². The number of nitrogen functional groups attached to an aromatic ring is 1. The number of morpholine rings is 1. The van der Waals surface area contributed by atoms with Gasteiger partial charge in [0.25, 0.3) is 5.91 Å². The third kappa shape index (κ3) is 5.68. The lowest BCUT2D eigenvalue weighted by molar-refractivity contribution is 0.0360. The maximum atomic E-state index is 13.7. The second-order valence-corrected chi connectivity index (χ2v) is 10.3. The van der Waals surface area contributed by atoms with Crippen LogP contribution in [0.15, 0.2) is 72.2 Å². The summed E-state index contributed by atoms with van der Waals surface area (Å²) in [6, 6.07) is 17.5. The predicted molar refractivity (Wildman–Crippen MR) is 152 cm³/mol. The van der Waals surface area contributed by atoms with Crippen LogP contribution >= 0.6 is 11.3 Å². The number of fused-ring (bicyclic) bond motifs is 1. The maximum absolute atomic E-state index is 13.7. The van der Waals surface area contributed by atoms with Crippen LogP contribution in [0.1, 0.15) is 10.5 Å². The molecule has 1 aliphatic rings. The van der Waals surface area contributed by atoms with Crippen molar-refractivity contribution in [2.75, 3.05) is 43.9 Å². The number of thiazole rings is 1. The minimum Gasteiger partial charge on any atom is -0.399 e. The van der Waals surface area contributed by atoms with Gasteiger partial charge in [0.15, 0.2) is 0 Å². The van der Waals surface area contributed by atoms with Crippen molar-refractivity contribution < 1.29 is 13.9 Å². The molecule has 3 heterocycles. The Hall–Kier alpha value is -4.12. The van der Waals surface area contributed by atoms with Crippen LogP contribution in [0.4, 0.5) is 15.8 Å². The molecule has 0 saturated carbocycles. The highest BCUT2D eigenvalue weighted by Crippen LogP contribution is 2.33. The van der Waals surface area contributed by atoms with Gasteiger partial charge in [0.05, 0.1) is 25.3 Å². The number of hydrogen-bond acceptors (Lipinski definition) is 7. The number of halogens is 1. The Bertz CT molecular complexity index is 1620. The number of nitrogens with two attached hydrogens (primary N) is 1. The monoisotopic (exact) mass is 542 g/mol. The van der Waals surface area contributed by atoms with Crippen LogP contribution in [-0.2, 0) is 11.3 Å². The second-order valence-electron chi connectivity index (χ2n) is 9.43. The molecule has 0 radical (unpaired) electrons. The molecular weight excluding hydrogens is 515 g/mol. The molecule has 10 heteroatoms. The average molecular weight is 543 g/mol. The van der Waals surface area contributed by atoms with E-state index in [1.807, 2.05) is 47.3 Å². The van der Waals surface area contributed by atoms with E-state index in [1.54, 1.807) is 17.5 Å². The highest BCUT2D eigenvalue weighted by molar-refractivity contribution is 7.13. The molecule has 6 rings (SSSR count). The molecule has 1 saturated heterocycles. The van der Waals surface area contributed by atoms with E-state index in [1.165, 1.54) is 23.5 Å². The minimum atomic E-state index is -0.330. The minimum absolute atomic E-state index is 0.309. The lowest BCUT2D eigenvalue weighted by Gasteiger charge is -2.26. The summed E-state index contributed by atoms with van der Waals surface area (Å²) in [6.07, 6.45) is 1.99. The fourth-order valence-electron chi connectivity index (χ4n) is 4.65. The molecular formula is C29H27FN6O2S. The van der Waals surface area contributed by atoms with Crippen LogP contribution in [0, 0.1) is 5.82 Å². The van der Waals surface area contributed by atoms with Crippen LogP contribution in [0.5, 0.6) is 0 Å². The number of amides is 1. The van der Waals surface area contributed by atoms with Gasteiger partial charge in [-0.25, -0.2) is 9.37 Å².